The zero-order valence-electron chi connectivity index (χ0n) is 15.9. The molecule has 3 heterocycles. The number of rotatable bonds is 6. The molecule has 4 rings (SSSR count). The number of urea groups is 1. The Labute approximate surface area is 163 Å². The van der Waals surface area contributed by atoms with Gasteiger partial charge in [0.1, 0.15) is 0 Å². The molecule has 7 heteroatoms. The Morgan fingerprint density at radius 1 is 1.32 bits per heavy atom. The van der Waals surface area contributed by atoms with Crippen molar-refractivity contribution in [2.75, 3.05) is 25.5 Å². The number of aromatic nitrogens is 2. The molecular formula is C21H24N4O3. The Kier molecular flexibility index (Phi) is 5.53. The topological polar surface area (TPSA) is 80.5 Å². The maximum atomic E-state index is 12.5. The molecule has 1 atom stereocenters. The number of fused-ring (bicyclic) bond motifs is 1. The van der Waals surface area contributed by atoms with Crippen molar-refractivity contribution in [1.29, 1.82) is 0 Å². The van der Waals surface area contributed by atoms with Crippen LogP contribution in [0, 0.1) is 0 Å². The number of anilines is 1. The van der Waals surface area contributed by atoms with Gasteiger partial charge in [-0.05, 0) is 56.0 Å². The highest BCUT2D eigenvalue weighted by molar-refractivity contribution is 5.90. The van der Waals surface area contributed by atoms with Crippen molar-refractivity contribution in [3.05, 3.63) is 42.6 Å². The van der Waals surface area contributed by atoms with E-state index in [2.05, 4.69) is 15.3 Å². The van der Waals surface area contributed by atoms with E-state index in [9.17, 15) is 4.79 Å². The fourth-order valence-electron chi connectivity index (χ4n) is 3.37. The lowest BCUT2D eigenvalue weighted by Gasteiger charge is -2.19. The highest BCUT2D eigenvalue weighted by Gasteiger charge is 2.16. The Morgan fingerprint density at radius 2 is 2.25 bits per heavy atom. The van der Waals surface area contributed by atoms with E-state index in [4.69, 9.17) is 9.15 Å². The molecule has 1 aliphatic heterocycles. The summed E-state index contributed by atoms with van der Waals surface area (Å²) in [5.41, 5.74) is 2.69. The molecule has 1 aromatic carbocycles. The highest BCUT2D eigenvalue weighted by atomic mass is 16.5. The lowest BCUT2D eigenvalue weighted by molar-refractivity contribution is 0.101. The molecule has 0 saturated carbocycles. The van der Waals surface area contributed by atoms with Crippen LogP contribution in [0.1, 0.15) is 25.7 Å². The van der Waals surface area contributed by atoms with Gasteiger partial charge in [0.05, 0.1) is 6.10 Å². The smallest absolute Gasteiger partial charge is 0.321 e. The molecule has 3 aromatic rings. The molecule has 0 aliphatic carbocycles. The first-order valence-electron chi connectivity index (χ1n) is 9.65. The molecule has 146 valence electrons. The number of benzene rings is 1. The number of hydrogen-bond acceptors (Lipinski definition) is 5. The van der Waals surface area contributed by atoms with Crippen LogP contribution >= 0.6 is 0 Å². The first-order valence-corrected chi connectivity index (χ1v) is 9.65. The van der Waals surface area contributed by atoms with Crippen LogP contribution < -0.4 is 5.32 Å². The number of nitrogens with zero attached hydrogens (tertiary/aromatic N) is 3. The third kappa shape index (κ3) is 4.31. The van der Waals surface area contributed by atoms with E-state index < -0.39 is 0 Å². The van der Waals surface area contributed by atoms with E-state index in [1.807, 2.05) is 36.4 Å². The number of hydrogen-bond donors (Lipinski definition) is 1. The second-order valence-electron chi connectivity index (χ2n) is 7.05. The standard InChI is InChI=1S/C21H24N4O3/c1-25(12-4-8-17-9-5-13-27-17)21(26)23-16-7-2-6-15(14-16)20-24-19-18(28-20)10-3-11-22-19/h2-3,6-7,10-11,14,17H,4-5,8-9,12-13H2,1H3,(H,23,26)/t17-/m1/s1. The van der Waals surface area contributed by atoms with Gasteiger partial charge in [0, 0.05) is 37.6 Å². The Hall–Kier alpha value is -2.93. The molecule has 2 aromatic heterocycles. The van der Waals surface area contributed by atoms with Crippen molar-refractivity contribution < 1.29 is 13.9 Å². The fourth-order valence-corrected chi connectivity index (χ4v) is 3.37. The van der Waals surface area contributed by atoms with E-state index >= 15 is 0 Å². The molecular weight excluding hydrogens is 356 g/mol. The van der Waals surface area contributed by atoms with Gasteiger partial charge in [0.15, 0.2) is 11.2 Å². The van der Waals surface area contributed by atoms with Crippen LogP contribution in [0.3, 0.4) is 0 Å². The van der Waals surface area contributed by atoms with Crippen molar-refractivity contribution >= 4 is 22.9 Å². The summed E-state index contributed by atoms with van der Waals surface area (Å²) >= 11 is 0. The zero-order valence-corrected chi connectivity index (χ0v) is 15.9. The number of ether oxygens (including phenoxy) is 1. The summed E-state index contributed by atoms with van der Waals surface area (Å²) in [5, 5.41) is 2.93. The highest BCUT2D eigenvalue weighted by Crippen LogP contribution is 2.25. The van der Waals surface area contributed by atoms with Crippen molar-refractivity contribution in [2.24, 2.45) is 0 Å². The number of nitrogens with one attached hydrogen (secondary N) is 1. The normalized spacial score (nSPS) is 16.4. The maximum absolute atomic E-state index is 12.5. The first-order chi connectivity index (χ1) is 13.7. The van der Waals surface area contributed by atoms with Crippen LogP contribution in [0.4, 0.5) is 10.5 Å². The van der Waals surface area contributed by atoms with E-state index in [1.165, 1.54) is 0 Å². The number of amides is 2. The lowest BCUT2D eigenvalue weighted by atomic mass is 10.1. The van der Waals surface area contributed by atoms with Gasteiger partial charge < -0.3 is 19.4 Å². The molecule has 7 nitrogen and oxygen atoms in total. The van der Waals surface area contributed by atoms with Crippen LogP contribution in [0.2, 0.25) is 0 Å². The van der Waals surface area contributed by atoms with E-state index in [-0.39, 0.29) is 6.03 Å². The molecule has 1 aliphatic rings. The number of carbonyl (C=O) groups excluding carboxylic acids is 1. The number of oxazole rings is 1. The lowest BCUT2D eigenvalue weighted by Crippen LogP contribution is -2.32. The van der Waals surface area contributed by atoms with Crippen molar-refractivity contribution in [3.8, 4) is 11.5 Å². The predicted molar refractivity (Wildman–Crippen MR) is 107 cm³/mol. The summed E-state index contributed by atoms with van der Waals surface area (Å²) in [7, 11) is 1.81. The second kappa shape index (κ2) is 8.39. The zero-order chi connectivity index (χ0) is 19.3. The van der Waals surface area contributed by atoms with Crippen molar-refractivity contribution in [2.45, 2.75) is 31.8 Å². The minimum absolute atomic E-state index is 0.135. The average molecular weight is 380 g/mol. The molecule has 1 N–H and O–H groups in total. The van der Waals surface area contributed by atoms with Gasteiger partial charge in [0.2, 0.25) is 5.89 Å². The molecule has 0 unspecified atom stereocenters. The molecule has 0 radical (unpaired) electrons. The van der Waals surface area contributed by atoms with Gasteiger partial charge in [-0.1, -0.05) is 6.07 Å². The van der Waals surface area contributed by atoms with Crippen LogP contribution in [-0.4, -0.2) is 47.2 Å². The van der Waals surface area contributed by atoms with Gasteiger partial charge in [-0.3, -0.25) is 0 Å². The van der Waals surface area contributed by atoms with Gasteiger partial charge in [-0.2, -0.15) is 4.98 Å². The van der Waals surface area contributed by atoms with Gasteiger partial charge in [0.25, 0.3) is 0 Å². The third-order valence-electron chi connectivity index (χ3n) is 4.92. The monoisotopic (exact) mass is 380 g/mol. The molecule has 2 amide bonds. The van der Waals surface area contributed by atoms with Gasteiger partial charge in [-0.15, -0.1) is 0 Å². The Balaban J connectivity index is 1.36. The Morgan fingerprint density at radius 3 is 3.07 bits per heavy atom. The minimum Gasteiger partial charge on any atom is -0.434 e. The molecule has 1 saturated heterocycles. The van der Waals surface area contributed by atoms with E-state index in [0.29, 0.717) is 35.5 Å². The van der Waals surface area contributed by atoms with Crippen LogP contribution in [0.15, 0.2) is 47.0 Å². The van der Waals surface area contributed by atoms with Crippen molar-refractivity contribution in [1.82, 2.24) is 14.9 Å². The quantitative estimate of drug-likeness (QED) is 0.689. The maximum Gasteiger partial charge on any atom is 0.321 e. The van der Waals surface area contributed by atoms with Gasteiger partial charge in [-0.25, -0.2) is 9.78 Å². The summed E-state index contributed by atoms with van der Waals surface area (Å²) in [4.78, 5) is 22.8. The van der Waals surface area contributed by atoms with E-state index in [1.54, 1.807) is 18.1 Å². The SMILES string of the molecule is CN(CCC[C@@H]1CCCO1)C(=O)Nc1cccc(-c2nc3ncccc3o2)c1. The third-order valence-corrected chi connectivity index (χ3v) is 4.92. The summed E-state index contributed by atoms with van der Waals surface area (Å²) in [6.07, 6.45) is 6.25. The van der Waals surface area contributed by atoms with Crippen LogP contribution in [0.5, 0.6) is 0 Å². The van der Waals surface area contributed by atoms with Gasteiger partial charge >= 0.3 is 6.03 Å². The fraction of sp³-hybridized carbons (Fsp3) is 0.381. The van der Waals surface area contributed by atoms with E-state index in [0.717, 1.165) is 37.9 Å². The summed E-state index contributed by atoms with van der Waals surface area (Å²) in [5.74, 6) is 0.481. The average Bonchev–Trinajstić information content (AvgIpc) is 3.37. The second-order valence-corrected chi connectivity index (χ2v) is 7.05. The van der Waals surface area contributed by atoms with Crippen LogP contribution in [0.25, 0.3) is 22.7 Å². The summed E-state index contributed by atoms with van der Waals surface area (Å²) in [6, 6.07) is 11.0. The van der Waals surface area contributed by atoms with Crippen LogP contribution in [-0.2, 0) is 4.74 Å². The largest absolute Gasteiger partial charge is 0.434 e. The number of pyridine rings is 1. The minimum atomic E-state index is -0.135. The molecule has 0 bridgehead atoms. The Bertz CT molecular complexity index is 916. The molecule has 0 spiro atoms. The number of carbonyl (C=O) groups is 1. The summed E-state index contributed by atoms with van der Waals surface area (Å²) < 4.78 is 11.4. The van der Waals surface area contributed by atoms with Crippen molar-refractivity contribution in [3.63, 3.8) is 0 Å². The molecule has 28 heavy (non-hydrogen) atoms. The molecule has 1 fully saturated rings. The first kappa shape index (κ1) is 18.4. The predicted octanol–water partition coefficient (Wildman–Crippen LogP) is 4.31. The summed E-state index contributed by atoms with van der Waals surface area (Å²) in [6.45, 7) is 1.57.